The minimum Gasteiger partial charge on any atom is -0.405 e. The molecule has 0 saturated carbocycles. The summed E-state index contributed by atoms with van der Waals surface area (Å²) in [6.45, 7) is 1.37. The zero-order valence-corrected chi connectivity index (χ0v) is 9.77. The van der Waals surface area contributed by atoms with Gasteiger partial charge in [-0.1, -0.05) is 25.1 Å². The van der Waals surface area contributed by atoms with Crippen molar-refractivity contribution >= 4 is 0 Å². The molecular weight excluding hydrogens is 276 g/mol. The summed E-state index contributed by atoms with van der Waals surface area (Å²) in [5.41, 5.74) is -0.603. The van der Waals surface area contributed by atoms with Gasteiger partial charge in [0, 0.05) is 5.56 Å². The van der Waals surface area contributed by atoms with Crippen LogP contribution in [0.1, 0.15) is 18.5 Å². The molecule has 1 N–H and O–H groups in total. The van der Waals surface area contributed by atoms with Gasteiger partial charge in [0.25, 0.3) is 0 Å². The number of benzene rings is 1. The topological polar surface area (TPSA) is 21.3 Å². The van der Waals surface area contributed by atoms with Gasteiger partial charge in [0.2, 0.25) is 0 Å². The van der Waals surface area contributed by atoms with Crippen LogP contribution in [0.15, 0.2) is 24.3 Å². The van der Waals surface area contributed by atoms with E-state index in [0.717, 1.165) is 12.1 Å². The molecule has 0 heterocycles. The highest BCUT2D eigenvalue weighted by Crippen LogP contribution is 2.38. The summed E-state index contributed by atoms with van der Waals surface area (Å²) in [6.07, 6.45) is -9.76. The Morgan fingerprint density at radius 1 is 1.11 bits per heavy atom. The number of alkyl halides is 6. The van der Waals surface area contributed by atoms with Crippen LogP contribution in [0.25, 0.3) is 0 Å². The maximum atomic E-state index is 12.8. The van der Waals surface area contributed by atoms with Crippen molar-refractivity contribution in [2.75, 3.05) is 6.54 Å². The number of hydrogen-bond acceptors (Lipinski definition) is 2. The third-order valence-corrected chi connectivity index (χ3v) is 2.19. The molecule has 2 nitrogen and oxygen atoms in total. The second kappa shape index (κ2) is 5.68. The zero-order chi connectivity index (χ0) is 14.7. The molecule has 0 amide bonds. The fourth-order valence-corrected chi connectivity index (χ4v) is 1.54. The number of rotatable bonds is 4. The van der Waals surface area contributed by atoms with Gasteiger partial charge in [-0.15, -0.1) is 13.2 Å². The van der Waals surface area contributed by atoms with Crippen LogP contribution in [-0.2, 0) is 0 Å². The second-order valence-electron chi connectivity index (χ2n) is 3.62. The molecule has 1 aromatic carbocycles. The second-order valence-corrected chi connectivity index (χ2v) is 3.62. The smallest absolute Gasteiger partial charge is 0.405 e. The number of para-hydroxylation sites is 1. The van der Waals surface area contributed by atoms with E-state index in [-0.39, 0.29) is 6.54 Å². The fraction of sp³-hybridized carbons (Fsp3) is 0.455. The van der Waals surface area contributed by atoms with Crippen molar-refractivity contribution in [2.24, 2.45) is 0 Å². The molecule has 0 aliphatic carbocycles. The van der Waals surface area contributed by atoms with Crippen LogP contribution < -0.4 is 10.1 Å². The first kappa shape index (κ1) is 15.6. The predicted molar refractivity (Wildman–Crippen MR) is 55.6 cm³/mol. The number of halogens is 6. The Hall–Kier alpha value is -1.44. The van der Waals surface area contributed by atoms with Crippen LogP contribution in [-0.4, -0.2) is 19.1 Å². The van der Waals surface area contributed by atoms with Gasteiger partial charge in [-0.05, 0) is 12.6 Å². The van der Waals surface area contributed by atoms with Gasteiger partial charge in [0.05, 0.1) is 0 Å². The first-order chi connectivity index (χ1) is 8.65. The van der Waals surface area contributed by atoms with Gasteiger partial charge in [-0.25, -0.2) is 0 Å². The minimum atomic E-state index is -5.04. The summed E-state index contributed by atoms with van der Waals surface area (Å²) < 4.78 is 78.5. The molecule has 0 aliphatic heterocycles. The zero-order valence-electron chi connectivity index (χ0n) is 9.77. The molecule has 108 valence electrons. The van der Waals surface area contributed by atoms with E-state index in [4.69, 9.17) is 0 Å². The van der Waals surface area contributed by atoms with E-state index in [9.17, 15) is 26.3 Å². The van der Waals surface area contributed by atoms with Crippen molar-refractivity contribution in [2.45, 2.75) is 25.5 Å². The van der Waals surface area contributed by atoms with E-state index in [0.29, 0.717) is 0 Å². The van der Waals surface area contributed by atoms with E-state index in [1.807, 2.05) is 0 Å². The van der Waals surface area contributed by atoms with E-state index in [1.165, 1.54) is 19.1 Å². The molecule has 1 unspecified atom stereocenters. The Labute approximate surface area is 105 Å². The van der Waals surface area contributed by atoms with E-state index in [2.05, 4.69) is 10.1 Å². The largest absolute Gasteiger partial charge is 0.573 e. The van der Waals surface area contributed by atoms with Crippen molar-refractivity contribution in [3.05, 3.63) is 29.8 Å². The van der Waals surface area contributed by atoms with E-state index in [1.54, 1.807) is 0 Å². The summed E-state index contributed by atoms with van der Waals surface area (Å²) in [5, 5.41) is 2.09. The van der Waals surface area contributed by atoms with Crippen molar-refractivity contribution in [3.63, 3.8) is 0 Å². The van der Waals surface area contributed by atoms with Crippen molar-refractivity contribution in [1.29, 1.82) is 0 Å². The maximum Gasteiger partial charge on any atom is 0.573 e. The van der Waals surface area contributed by atoms with E-state index >= 15 is 0 Å². The highest BCUT2D eigenvalue weighted by Gasteiger charge is 2.43. The van der Waals surface area contributed by atoms with Crippen LogP contribution in [0.4, 0.5) is 26.3 Å². The summed E-state index contributed by atoms with van der Waals surface area (Å²) in [5.74, 6) is -0.863. The number of hydrogen-bond donors (Lipinski definition) is 1. The molecule has 0 bridgehead atoms. The molecule has 0 aromatic heterocycles. The van der Waals surface area contributed by atoms with Crippen LogP contribution in [0, 0.1) is 0 Å². The van der Waals surface area contributed by atoms with Crippen LogP contribution in [0.5, 0.6) is 5.75 Å². The van der Waals surface area contributed by atoms with Gasteiger partial charge in [-0.3, -0.25) is 0 Å². The summed E-state index contributed by atoms with van der Waals surface area (Å²) in [6, 6.07) is 1.97. The fourth-order valence-electron chi connectivity index (χ4n) is 1.54. The molecule has 8 heteroatoms. The minimum absolute atomic E-state index is 0.0511. The van der Waals surface area contributed by atoms with Crippen molar-refractivity contribution in [1.82, 2.24) is 5.32 Å². The average molecular weight is 287 g/mol. The first-order valence-corrected chi connectivity index (χ1v) is 5.30. The SMILES string of the molecule is CCNC(c1ccccc1OC(F)(F)F)C(F)(F)F. The monoisotopic (exact) mass is 287 g/mol. The number of ether oxygens (including phenoxy) is 1. The molecule has 1 rings (SSSR count). The normalized spacial score (nSPS) is 14.3. The van der Waals surface area contributed by atoms with Crippen LogP contribution in [0.3, 0.4) is 0 Å². The molecule has 0 radical (unpaired) electrons. The lowest BCUT2D eigenvalue weighted by atomic mass is 10.1. The Kier molecular flexibility index (Phi) is 4.67. The third kappa shape index (κ3) is 4.62. The average Bonchev–Trinajstić information content (AvgIpc) is 2.23. The number of nitrogens with one attached hydrogen (secondary N) is 1. The molecular formula is C11H11F6NO. The molecule has 0 aliphatic rings. The highest BCUT2D eigenvalue weighted by molar-refractivity contribution is 5.37. The van der Waals surface area contributed by atoms with Crippen LogP contribution >= 0.6 is 0 Å². The Morgan fingerprint density at radius 2 is 1.68 bits per heavy atom. The molecule has 0 spiro atoms. The Morgan fingerprint density at radius 3 is 2.16 bits per heavy atom. The lowest BCUT2D eigenvalue weighted by Gasteiger charge is -2.24. The van der Waals surface area contributed by atoms with E-state index < -0.39 is 29.9 Å². The van der Waals surface area contributed by atoms with Gasteiger partial charge >= 0.3 is 12.5 Å². The maximum absolute atomic E-state index is 12.8. The summed E-state index contributed by atoms with van der Waals surface area (Å²) >= 11 is 0. The van der Waals surface area contributed by atoms with Gasteiger partial charge in [0.15, 0.2) is 0 Å². The van der Waals surface area contributed by atoms with Gasteiger partial charge in [0.1, 0.15) is 11.8 Å². The lowest BCUT2D eigenvalue weighted by Crippen LogP contribution is -2.34. The van der Waals surface area contributed by atoms with Crippen molar-refractivity contribution in [3.8, 4) is 5.75 Å². The molecule has 0 fully saturated rings. The quantitative estimate of drug-likeness (QED) is 0.850. The standard InChI is InChI=1S/C11H11F6NO/c1-2-18-9(10(12,13)14)7-5-3-4-6-8(7)19-11(15,16)17/h3-6,9,18H,2H2,1H3. The van der Waals surface area contributed by atoms with Crippen LogP contribution in [0.2, 0.25) is 0 Å². The van der Waals surface area contributed by atoms with Gasteiger partial charge < -0.3 is 10.1 Å². The summed E-state index contributed by atoms with van der Waals surface area (Å²) in [7, 11) is 0. The van der Waals surface area contributed by atoms with Gasteiger partial charge in [-0.2, -0.15) is 13.2 Å². The Bertz CT molecular complexity index is 414. The molecule has 19 heavy (non-hydrogen) atoms. The predicted octanol–water partition coefficient (Wildman–Crippen LogP) is 3.80. The molecule has 0 saturated heterocycles. The summed E-state index contributed by atoms with van der Waals surface area (Å²) in [4.78, 5) is 0. The highest BCUT2D eigenvalue weighted by atomic mass is 19.4. The Balaban J connectivity index is 3.16. The van der Waals surface area contributed by atoms with Crippen molar-refractivity contribution < 1.29 is 31.1 Å². The molecule has 1 atom stereocenters. The molecule has 1 aromatic rings. The first-order valence-electron chi connectivity index (χ1n) is 5.30. The lowest BCUT2D eigenvalue weighted by molar-refractivity contribution is -0.275. The third-order valence-electron chi connectivity index (χ3n) is 2.19.